The molecule has 1 aliphatic rings. The number of halogens is 2. The van der Waals surface area contributed by atoms with Gasteiger partial charge < -0.3 is 16.2 Å². The van der Waals surface area contributed by atoms with Crippen molar-refractivity contribution in [2.24, 2.45) is 5.73 Å². The smallest absolute Gasteiger partial charge is 0.104 e. The first-order valence-corrected chi connectivity index (χ1v) is 6.22. The van der Waals surface area contributed by atoms with Crippen LogP contribution in [0.1, 0.15) is 30.6 Å². The molecule has 0 aliphatic carbocycles. The number of aliphatic hydroxyl groups is 1. The van der Waals surface area contributed by atoms with E-state index in [-0.39, 0.29) is 24.5 Å². The van der Waals surface area contributed by atoms with Crippen LogP contribution in [0.15, 0.2) is 30.1 Å². The Balaban J connectivity index is 0.00000180. The molecule has 1 aromatic carbocycles. The van der Waals surface area contributed by atoms with Gasteiger partial charge in [-0.15, -0.1) is 12.4 Å². The summed E-state index contributed by atoms with van der Waals surface area (Å²) in [6, 6.07) is 6.15. The van der Waals surface area contributed by atoms with Crippen LogP contribution < -0.4 is 11.1 Å². The highest BCUT2D eigenvalue weighted by atomic mass is 35.5. The molecule has 4 N–H and O–H groups in total. The fourth-order valence-corrected chi connectivity index (χ4v) is 2.27. The van der Waals surface area contributed by atoms with Crippen molar-refractivity contribution in [2.75, 3.05) is 11.9 Å². The predicted octanol–water partition coefficient (Wildman–Crippen LogP) is 2.70. The number of aryl methyl sites for hydroxylation is 1. The van der Waals surface area contributed by atoms with Gasteiger partial charge in [-0.1, -0.05) is 12.1 Å². The van der Waals surface area contributed by atoms with E-state index in [9.17, 15) is 9.50 Å². The van der Waals surface area contributed by atoms with Gasteiger partial charge in [-0.05, 0) is 37.0 Å². The van der Waals surface area contributed by atoms with Gasteiger partial charge in [0.1, 0.15) is 6.10 Å². The minimum atomic E-state index is -0.954. The second-order valence-corrected chi connectivity index (χ2v) is 4.79. The van der Waals surface area contributed by atoms with Gasteiger partial charge in [0.2, 0.25) is 0 Å². The molecule has 2 rings (SSSR count). The van der Waals surface area contributed by atoms with Crippen molar-refractivity contribution in [2.45, 2.75) is 31.9 Å². The van der Waals surface area contributed by atoms with Crippen molar-refractivity contribution in [1.29, 1.82) is 0 Å². The molecule has 1 aliphatic heterocycles. The quantitative estimate of drug-likeness (QED) is 0.801. The molecular formula is C14H20ClFN2O. The van der Waals surface area contributed by atoms with Gasteiger partial charge in [0.15, 0.2) is 0 Å². The van der Waals surface area contributed by atoms with Gasteiger partial charge in [0.05, 0.1) is 6.33 Å². The third-order valence-corrected chi connectivity index (χ3v) is 3.42. The zero-order valence-electron chi connectivity index (χ0n) is 10.9. The highest BCUT2D eigenvalue weighted by molar-refractivity contribution is 5.85. The molecule has 106 valence electrons. The zero-order chi connectivity index (χ0) is 13.1. The molecule has 2 atom stereocenters. The maximum atomic E-state index is 12.6. The molecule has 0 saturated heterocycles. The van der Waals surface area contributed by atoms with E-state index in [2.05, 4.69) is 12.2 Å². The molecule has 0 fully saturated rings. The highest BCUT2D eigenvalue weighted by Crippen LogP contribution is 2.29. The van der Waals surface area contributed by atoms with Crippen LogP contribution in [0.25, 0.3) is 0 Å². The molecule has 0 bridgehead atoms. The van der Waals surface area contributed by atoms with Crippen LogP contribution in [-0.4, -0.2) is 17.7 Å². The lowest BCUT2D eigenvalue weighted by atomic mass is 9.94. The number of nitrogens with two attached hydrogens (primary N) is 1. The number of hydrogen-bond donors (Lipinski definition) is 3. The summed E-state index contributed by atoms with van der Waals surface area (Å²) in [7, 11) is 0. The summed E-state index contributed by atoms with van der Waals surface area (Å²) in [5.74, 6) is 0. The summed E-state index contributed by atoms with van der Waals surface area (Å²) in [4.78, 5) is 0. The summed E-state index contributed by atoms with van der Waals surface area (Å²) in [5.41, 5.74) is 8.56. The average molecular weight is 287 g/mol. The summed E-state index contributed by atoms with van der Waals surface area (Å²) in [6.45, 7) is 2.16. The van der Waals surface area contributed by atoms with E-state index < -0.39 is 6.10 Å². The Morgan fingerprint density at radius 1 is 1.63 bits per heavy atom. The van der Waals surface area contributed by atoms with Gasteiger partial charge in [0, 0.05) is 23.8 Å². The fraction of sp³-hybridized carbons (Fsp3) is 0.429. The number of rotatable bonds is 3. The summed E-state index contributed by atoms with van der Waals surface area (Å²) in [6.07, 6.45) is 1.48. The molecule has 1 heterocycles. The first kappa shape index (κ1) is 16.0. The summed E-state index contributed by atoms with van der Waals surface area (Å²) >= 11 is 0. The Labute approximate surface area is 119 Å². The second kappa shape index (κ2) is 6.89. The lowest BCUT2D eigenvalue weighted by Crippen LogP contribution is -2.22. The van der Waals surface area contributed by atoms with Crippen molar-refractivity contribution in [3.63, 3.8) is 0 Å². The Bertz CT molecular complexity index is 465. The Kier molecular flexibility index (Phi) is 5.79. The van der Waals surface area contributed by atoms with E-state index in [1.54, 1.807) is 0 Å². The van der Waals surface area contributed by atoms with Gasteiger partial charge >= 0.3 is 0 Å². The molecule has 2 unspecified atom stereocenters. The van der Waals surface area contributed by atoms with E-state index in [1.807, 2.05) is 18.2 Å². The van der Waals surface area contributed by atoms with Crippen molar-refractivity contribution in [3.05, 3.63) is 41.2 Å². The van der Waals surface area contributed by atoms with Gasteiger partial charge in [-0.2, -0.15) is 0 Å². The van der Waals surface area contributed by atoms with Crippen LogP contribution >= 0.6 is 12.4 Å². The van der Waals surface area contributed by atoms with Gasteiger partial charge in [-0.25, -0.2) is 4.39 Å². The van der Waals surface area contributed by atoms with E-state index in [0.29, 0.717) is 17.9 Å². The minimum absolute atomic E-state index is 0. The Hall–Kier alpha value is -1.10. The summed E-state index contributed by atoms with van der Waals surface area (Å²) in [5, 5.41) is 13.4. The normalized spacial score (nSPS) is 20.0. The van der Waals surface area contributed by atoms with Gasteiger partial charge in [-0.3, -0.25) is 0 Å². The SMILES string of the molecule is CC1CCc2cc(C(O)/C(=C/F)CN)ccc2N1.Cl. The maximum Gasteiger partial charge on any atom is 0.104 e. The van der Waals surface area contributed by atoms with Crippen molar-refractivity contribution in [3.8, 4) is 0 Å². The van der Waals surface area contributed by atoms with Crippen molar-refractivity contribution in [1.82, 2.24) is 0 Å². The van der Waals surface area contributed by atoms with Crippen LogP contribution in [0, 0.1) is 0 Å². The number of aliphatic hydroxyl groups excluding tert-OH is 1. The van der Waals surface area contributed by atoms with Crippen LogP contribution in [0.5, 0.6) is 0 Å². The number of nitrogens with one attached hydrogen (secondary N) is 1. The number of anilines is 1. The van der Waals surface area contributed by atoms with Gasteiger partial charge in [0.25, 0.3) is 0 Å². The standard InChI is InChI=1S/C14H19FN2O.ClH/c1-9-2-3-10-6-11(4-5-13(10)17-9)14(18)12(7-15)8-16;/h4-7,9,14,17-18H,2-3,8,16H2,1H3;1H/b12-7+;. The monoisotopic (exact) mass is 286 g/mol. The number of hydrogen-bond acceptors (Lipinski definition) is 3. The van der Waals surface area contributed by atoms with Crippen molar-refractivity contribution >= 4 is 18.1 Å². The molecule has 1 aromatic rings. The first-order valence-electron chi connectivity index (χ1n) is 6.22. The number of fused-ring (bicyclic) bond motifs is 1. The molecule has 0 saturated carbocycles. The molecule has 19 heavy (non-hydrogen) atoms. The van der Waals surface area contributed by atoms with Crippen molar-refractivity contribution < 1.29 is 9.50 Å². The average Bonchev–Trinajstić information content (AvgIpc) is 2.39. The Morgan fingerprint density at radius 3 is 3.00 bits per heavy atom. The molecular weight excluding hydrogens is 267 g/mol. The molecule has 3 nitrogen and oxygen atoms in total. The summed E-state index contributed by atoms with van der Waals surface area (Å²) < 4.78 is 12.6. The molecule has 0 radical (unpaired) electrons. The third kappa shape index (κ3) is 3.47. The fourth-order valence-electron chi connectivity index (χ4n) is 2.27. The van der Waals surface area contributed by atoms with E-state index in [1.165, 1.54) is 5.56 Å². The number of benzene rings is 1. The van der Waals surface area contributed by atoms with Crippen LogP contribution in [0.2, 0.25) is 0 Å². The zero-order valence-corrected chi connectivity index (χ0v) is 11.7. The first-order chi connectivity index (χ1) is 8.65. The topological polar surface area (TPSA) is 58.3 Å². The molecule has 0 spiro atoms. The second-order valence-electron chi connectivity index (χ2n) is 4.79. The Morgan fingerprint density at radius 2 is 2.37 bits per heavy atom. The minimum Gasteiger partial charge on any atom is -0.384 e. The van der Waals surface area contributed by atoms with E-state index >= 15 is 0 Å². The highest BCUT2D eigenvalue weighted by Gasteiger charge is 2.18. The third-order valence-electron chi connectivity index (χ3n) is 3.42. The van der Waals surface area contributed by atoms with Crippen LogP contribution in [0.3, 0.4) is 0 Å². The largest absolute Gasteiger partial charge is 0.384 e. The predicted molar refractivity (Wildman–Crippen MR) is 78.3 cm³/mol. The van der Waals surface area contributed by atoms with Crippen LogP contribution in [-0.2, 0) is 6.42 Å². The molecule has 0 amide bonds. The maximum absolute atomic E-state index is 12.6. The molecule has 5 heteroatoms. The van der Waals surface area contributed by atoms with E-state index in [4.69, 9.17) is 5.73 Å². The lowest BCUT2D eigenvalue weighted by Gasteiger charge is -2.25. The van der Waals surface area contributed by atoms with E-state index in [0.717, 1.165) is 18.5 Å². The van der Waals surface area contributed by atoms with Crippen LogP contribution in [0.4, 0.5) is 10.1 Å². The molecule has 0 aromatic heterocycles. The lowest BCUT2D eigenvalue weighted by molar-refractivity contribution is 0.212.